The third-order valence-corrected chi connectivity index (χ3v) is 4.61. The summed E-state index contributed by atoms with van der Waals surface area (Å²) in [5.74, 6) is -1.21. The van der Waals surface area contributed by atoms with E-state index in [-0.39, 0.29) is 22.7 Å². The van der Waals surface area contributed by atoms with E-state index >= 15 is 0 Å². The predicted octanol–water partition coefficient (Wildman–Crippen LogP) is 3.22. The Labute approximate surface area is 175 Å². The standard InChI is InChI=1S/C21H14N4O6/c1-12-4-5-13(9-17(12)25(29)30)18-7-6-15(31-18)10-16-19(26)23-21(28)24(20(16)27)14-3-2-8-22-11-14/h2-11H,1H3,(H,23,26,28)/b16-10+. The molecule has 1 N–H and O–H groups in total. The molecule has 1 aromatic carbocycles. The van der Waals surface area contributed by atoms with E-state index in [0.29, 0.717) is 16.9 Å². The van der Waals surface area contributed by atoms with Gasteiger partial charge in [-0.1, -0.05) is 12.1 Å². The van der Waals surface area contributed by atoms with Crippen molar-refractivity contribution in [2.24, 2.45) is 0 Å². The first kappa shape index (κ1) is 19.7. The number of hydrogen-bond acceptors (Lipinski definition) is 7. The third kappa shape index (κ3) is 3.69. The minimum atomic E-state index is -0.882. The molecule has 0 bridgehead atoms. The largest absolute Gasteiger partial charge is 0.457 e. The van der Waals surface area contributed by atoms with E-state index in [4.69, 9.17) is 4.42 Å². The molecule has 4 rings (SSSR count). The Morgan fingerprint density at radius 2 is 1.97 bits per heavy atom. The zero-order chi connectivity index (χ0) is 22.1. The first-order valence-electron chi connectivity index (χ1n) is 9.02. The lowest BCUT2D eigenvalue weighted by molar-refractivity contribution is -0.385. The van der Waals surface area contributed by atoms with Crippen LogP contribution in [-0.4, -0.2) is 27.8 Å². The summed E-state index contributed by atoms with van der Waals surface area (Å²) >= 11 is 0. The number of barbiturate groups is 1. The Hall–Kier alpha value is -4.60. The number of carbonyl (C=O) groups excluding carboxylic acids is 3. The second-order valence-corrected chi connectivity index (χ2v) is 6.63. The summed E-state index contributed by atoms with van der Waals surface area (Å²) in [6.45, 7) is 1.63. The summed E-state index contributed by atoms with van der Waals surface area (Å²) in [5, 5.41) is 13.3. The van der Waals surface area contributed by atoms with Gasteiger partial charge in [-0.15, -0.1) is 0 Å². The van der Waals surface area contributed by atoms with Crippen molar-refractivity contribution in [3.63, 3.8) is 0 Å². The van der Waals surface area contributed by atoms with Crippen LogP contribution >= 0.6 is 0 Å². The fraction of sp³-hybridized carbons (Fsp3) is 0.0476. The fourth-order valence-electron chi connectivity index (χ4n) is 3.07. The van der Waals surface area contributed by atoms with E-state index in [0.717, 1.165) is 4.90 Å². The molecule has 1 aliphatic rings. The van der Waals surface area contributed by atoms with Gasteiger partial charge in [0.2, 0.25) is 0 Å². The molecule has 0 saturated carbocycles. The SMILES string of the molecule is Cc1ccc(-c2ccc(/C=C3\C(=O)NC(=O)N(c4cccnc4)C3=O)o2)cc1[N+](=O)[O-]. The van der Waals surface area contributed by atoms with Gasteiger partial charge in [0.15, 0.2) is 0 Å². The monoisotopic (exact) mass is 418 g/mol. The van der Waals surface area contributed by atoms with Gasteiger partial charge in [-0.25, -0.2) is 9.69 Å². The molecule has 3 heterocycles. The Balaban J connectivity index is 1.67. The van der Waals surface area contributed by atoms with Crippen molar-refractivity contribution in [1.29, 1.82) is 0 Å². The van der Waals surface area contributed by atoms with Crippen LogP contribution in [0.25, 0.3) is 17.4 Å². The van der Waals surface area contributed by atoms with Crippen LogP contribution in [0.2, 0.25) is 0 Å². The molecule has 0 unspecified atom stereocenters. The molecule has 0 atom stereocenters. The van der Waals surface area contributed by atoms with Crippen molar-refractivity contribution in [2.45, 2.75) is 6.92 Å². The van der Waals surface area contributed by atoms with E-state index in [1.165, 1.54) is 36.7 Å². The number of imide groups is 2. The second kappa shape index (κ2) is 7.67. The van der Waals surface area contributed by atoms with Crippen molar-refractivity contribution < 1.29 is 23.7 Å². The maximum atomic E-state index is 12.8. The molecule has 154 valence electrons. The number of amides is 4. The number of rotatable bonds is 4. The topological polar surface area (TPSA) is 136 Å². The molecule has 3 aromatic rings. The number of nitro benzene ring substituents is 1. The number of anilines is 1. The number of urea groups is 1. The van der Waals surface area contributed by atoms with Crippen LogP contribution in [0.4, 0.5) is 16.2 Å². The maximum Gasteiger partial charge on any atom is 0.336 e. The lowest BCUT2D eigenvalue weighted by Crippen LogP contribution is -2.54. The molecule has 0 aliphatic carbocycles. The van der Waals surface area contributed by atoms with Gasteiger partial charge in [0.25, 0.3) is 17.5 Å². The summed E-state index contributed by atoms with van der Waals surface area (Å²) in [6.07, 6.45) is 4.01. The van der Waals surface area contributed by atoms with Crippen molar-refractivity contribution in [1.82, 2.24) is 10.3 Å². The molecule has 1 aliphatic heterocycles. The minimum Gasteiger partial charge on any atom is -0.457 e. The number of nitro groups is 1. The quantitative estimate of drug-likeness (QED) is 0.297. The molecule has 0 spiro atoms. The molecule has 10 nitrogen and oxygen atoms in total. The van der Waals surface area contributed by atoms with E-state index in [1.54, 1.807) is 31.2 Å². The van der Waals surface area contributed by atoms with Gasteiger partial charge < -0.3 is 4.42 Å². The Morgan fingerprint density at radius 1 is 1.16 bits per heavy atom. The van der Waals surface area contributed by atoms with Crippen molar-refractivity contribution in [2.75, 3.05) is 4.90 Å². The van der Waals surface area contributed by atoms with Crippen molar-refractivity contribution in [3.05, 3.63) is 81.9 Å². The van der Waals surface area contributed by atoms with Crippen LogP contribution in [0.1, 0.15) is 11.3 Å². The lowest BCUT2D eigenvalue weighted by atomic mass is 10.1. The van der Waals surface area contributed by atoms with E-state index < -0.39 is 22.8 Å². The van der Waals surface area contributed by atoms with Crippen LogP contribution < -0.4 is 10.2 Å². The van der Waals surface area contributed by atoms with Gasteiger partial charge in [-0.05, 0) is 37.3 Å². The van der Waals surface area contributed by atoms with Gasteiger partial charge in [-0.2, -0.15) is 0 Å². The zero-order valence-corrected chi connectivity index (χ0v) is 16.1. The number of aryl methyl sites for hydroxylation is 1. The molecule has 4 amide bonds. The molecule has 10 heteroatoms. The summed E-state index contributed by atoms with van der Waals surface area (Å²) in [7, 11) is 0. The summed E-state index contributed by atoms with van der Waals surface area (Å²) in [4.78, 5) is 52.6. The molecular weight excluding hydrogens is 404 g/mol. The maximum absolute atomic E-state index is 12.8. The number of benzene rings is 1. The second-order valence-electron chi connectivity index (χ2n) is 6.63. The van der Waals surface area contributed by atoms with Gasteiger partial charge >= 0.3 is 6.03 Å². The van der Waals surface area contributed by atoms with Gasteiger partial charge in [-0.3, -0.25) is 30.0 Å². The van der Waals surface area contributed by atoms with E-state index in [2.05, 4.69) is 10.3 Å². The van der Waals surface area contributed by atoms with Gasteiger partial charge in [0.05, 0.1) is 16.8 Å². The van der Waals surface area contributed by atoms with Crippen LogP contribution in [0.3, 0.4) is 0 Å². The highest BCUT2D eigenvalue weighted by atomic mass is 16.6. The smallest absolute Gasteiger partial charge is 0.336 e. The van der Waals surface area contributed by atoms with Crippen LogP contribution in [-0.2, 0) is 9.59 Å². The number of hydrogen-bond donors (Lipinski definition) is 1. The first-order chi connectivity index (χ1) is 14.8. The number of furan rings is 1. The van der Waals surface area contributed by atoms with Crippen LogP contribution in [0, 0.1) is 17.0 Å². The molecule has 31 heavy (non-hydrogen) atoms. The van der Waals surface area contributed by atoms with E-state index in [9.17, 15) is 24.5 Å². The minimum absolute atomic E-state index is 0.0544. The average molecular weight is 418 g/mol. The predicted molar refractivity (Wildman–Crippen MR) is 109 cm³/mol. The number of nitrogens with zero attached hydrogens (tertiary/aromatic N) is 3. The van der Waals surface area contributed by atoms with Gasteiger partial charge in [0, 0.05) is 23.4 Å². The highest BCUT2D eigenvalue weighted by Crippen LogP contribution is 2.29. The number of nitrogens with one attached hydrogen (secondary N) is 1. The highest BCUT2D eigenvalue weighted by Gasteiger charge is 2.37. The molecule has 0 radical (unpaired) electrons. The number of aromatic nitrogens is 1. The normalized spacial score (nSPS) is 15.3. The molecule has 1 fully saturated rings. The molecule has 1 saturated heterocycles. The Bertz CT molecular complexity index is 1260. The van der Waals surface area contributed by atoms with Crippen molar-refractivity contribution >= 4 is 35.3 Å². The summed E-state index contributed by atoms with van der Waals surface area (Å²) < 4.78 is 5.66. The Morgan fingerprint density at radius 3 is 2.68 bits per heavy atom. The highest BCUT2D eigenvalue weighted by molar-refractivity contribution is 6.39. The third-order valence-electron chi connectivity index (χ3n) is 4.61. The lowest BCUT2D eigenvalue weighted by Gasteiger charge is -2.25. The average Bonchev–Trinajstić information content (AvgIpc) is 3.20. The molecular formula is C21H14N4O6. The summed E-state index contributed by atoms with van der Waals surface area (Å²) in [6, 6.07) is 9.90. The van der Waals surface area contributed by atoms with Gasteiger partial charge in [0.1, 0.15) is 17.1 Å². The number of carbonyl (C=O) groups is 3. The van der Waals surface area contributed by atoms with E-state index in [1.807, 2.05) is 0 Å². The zero-order valence-electron chi connectivity index (χ0n) is 16.1. The molecule has 2 aromatic heterocycles. The van der Waals surface area contributed by atoms with Crippen molar-refractivity contribution in [3.8, 4) is 11.3 Å². The summed E-state index contributed by atoms with van der Waals surface area (Å²) in [5.41, 5.74) is 0.817. The Kier molecular flexibility index (Phi) is 4.88. The van der Waals surface area contributed by atoms with Crippen LogP contribution in [0.15, 0.2) is 64.8 Å². The fourth-order valence-corrected chi connectivity index (χ4v) is 3.07. The number of pyridine rings is 1. The van der Waals surface area contributed by atoms with Crippen LogP contribution in [0.5, 0.6) is 0 Å². The first-order valence-corrected chi connectivity index (χ1v) is 9.02.